The number of hydrogen-bond donors (Lipinski definition) is 1. The first-order valence-electron chi connectivity index (χ1n) is 6.26. The van der Waals surface area contributed by atoms with E-state index >= 15 is 0 Å². The van der Waals surface area contributed by atoms with Gasteiger partial charge in [0.15, 0.2) is 0 Å². The van der Waals surface area contributed by atoms with Crippen LogP contribution >= 0.6 is 11.3 Å². The van der Waals surface area contributed by atoms with Crippen LogP contribution in [-0.2, 0) is 4.79 Å². The van der Waals surface area contributed by atoms with Gasteiger partial charge < -0.3 is 4.74 Å². The number of nitrogens with one attached hydrogen (secondary N) is 1. The molecule has 0 aliphatic carbocycles. The van der Waals surface area contributed by atoms with E-state index in [1.54, 1.807) is 11.6 Å². The number of aromatic nitrogens is 2. The molecule has 0 atom stereocenters. The van der Waals surface area contributed by atoms with E-state index in [9.17, 15) is 4.79 Å². The maximum absolute atomic E-state index is 11.7. The van der Waals surface area contributed by atoms with Gasteiger partial charge in [-0.2, -0.15) is 0 Å². The lowest BCUT2D eigenvalue weighted by Crippen LogP contribution is -2.07. The third kappa shape index (κ3) is 4.17. The molecule has 2 aromatic rings. The molecule has 0 aliphatic rings. The summed E-state index contributed by atoms with van der Waals surface area (Å²) in [5.74, 6) is 0.529. The van der Waals surface area contributed by atoms with Crippen LogP contribution in [0.4, 0.5) is 5.13 Å². The van der Waals surface area contributed by atoms with Crippen LogP contribution in [0.5, 0.6) is 5.75 Å². The van der Waals surface area contributed by atoms with E-state index in [1.165, 1.54) is 17.4 Å². The molecule has 0 aliphatic heterocycles. The van der Waals surface area contributed by atoms with E-state index < -0.39 is 0 Å². The summed E-state index contributed by atoms with van der Waals surface area (Å²) >= 11 is 1.27. The van der Waals surface area contributed by atoms with Gasteiger partial charge in [-0.1, -0.05) is 36.5 Å². The Hall–Kier alpha value is -2.21. The van der Waals surface area contributed by atoms with Crippen LogP contribution in [0.1, 0.15) is 18.9 Å². The molecule has 0 bridgehead atoms. The Kier molecular flexibility index (Phi) is 5.25. The van der Waals surface area contributed by atoms with Gasteiger partial charge in [0, 0.05) is 11.6 Å². The van der Waals surface area contributed by atoms with E-state index in [1.807, 2.05) is 31.2 Å². The lowest BCUT2D eigenvalue weighted by Gasteiger charge is -2.07. The highest BCUT2D eigenvalue weighted by atomic mass is 32.1. The van der Waals surface area contributed by atoms with Crippen molar-refractivity contribution in [1.29, 1.82) is 0 Å². The van der Waals surface area contributed by atoms with Crippen LogP contribution in [0, 0.1) is 0 Å². The van der Waals surface area contributed by atoms with E-state index in [2.05, 4.69) is 15.5 Å². The second-order valence-corrected chi connectivity index (χ2v) is 4.79. The zero-order valence-electron chi connectivity index (χ0n) is 11.1. The molecule has 0 spiro atoms. The van der Waals surface area contributed by atoms with Crippen molar-refractivity contribution in [2.75, 3.05) is 11.9 Å². The van der Waals surface area contributed by atoms with Gasteiger partial charge in [0.05, 0.1) is 6.61 Å². The average Bonchev–Trinajstić information content (AvgIpc) is 2.96. The van der Waals surface area contributed by atoms with Crippen LogP contribution in [-0.4, -0.2) is 22.7 Å². The molecule has 1 N–H and O–H groups in total. The highest BCUT2D eigenvalue weighted by molar-refractivity contribution is 7.13. The smallest absolute Gasteiger partial charge is 0.250 e. The molecule has 0 unspecified atom stereocenters. The Balaban J connectivity index is 2.01. The molecule has 5 nitrogen and oxygen atoms in total. The minimum absolute atomic E-state index is 0.243. The molecule has 6 heteroatoms. The molecule has 1 aromatic heterocycles. The quantitative estimate of drug-likeness (QED) is 0.830. The standard InChI is InChI=1S/C14H15N3O2S/c1-2-9-19-12-6-4-3-5-11(12)7-8-13(18)16-14-17-15-10-20-14/h3-8,10H,2,9H2,1H3,(H,16,17,18)/b8-7+. The maximum Gasteiger partial charge on any atom is 0.250 e. The third-order valence-electron chi connectivity index (χ3n) is 2.39. The van der Waals surface area contributed by atoms with Crippen molar-refractivity contribution >= 4 is 28.5 Å². The van der Waals surface area contributed by atoms with Gasteiger partial charge in [-0.3, -0.25) is 10.1 Å². The molecular formula is C14H15N3O2S. The first kappa shape index (κ1) is 14.2. The SMILES string of the molecule is CCCOc1ccccc1/C=C/C(=O)Nc1nncs1. The Morgan fingerprint density at radius 3 is 3.05 bits per heavy atom. The fourth-order valence-electron chi connectivity index (χ4n) is 1.50. The molecule has 0 fully saturated rings. The summed E-state index contributed by atoms with van der Waals surface area (Å²) in [6, 6.07) is 7.60. The number of rotatable bonds is 6. The molecule has 0 radical (unpaired) electrons. The zero-order valence-corrected chi connectivity index (χ0v) is 11.9. The molecule has 2 rings (SSSR count). The molecule has 0 saturated heterocycles. The lowest BCUT2D eigenvalue weighted by atomic mass is 10.2. The minimum atomic E-state index is -0.243. The van der Waals surface area contributed by atoms with Gasteiger partial charge in [0.1, 0.15) is 11.3 Å². The predicted octanol–water partition coefficient (Wildman–Crippen LogP) is 2.98. The van der Waals surface area contributed by atoms with Crippen molar-refractivity contribution in [3.63, 3.8) is 0 Å². The molecule has 104 valence electrons. The number of anilines is 1. The predicted molar refractivity (Wildman–Crippen MR) is 79.8 cm³/mol. The van der Waals surface area contributed by atoms with E-state index in [4.69, 9.17) is 4.74 Å². The lowest BCUT2D eigenvalue weighted by molar-refractivity contribution is -0.111. The van der Waals surface area contributed by atoms with E-state index in [0.717, 1.165) is 17.7 Å². The normalized spacial score (nSPS) is 10.7. The molecule has 1 amide bonds. The van der Waals surface area contributed by atoms with Gasteiger partial charge in [-0.05, 0) is 18.6 Å². The molecular weight excluding hydrogens is 274 g/mol. The van der Waals surface area contributed by atoms with Crippen LogP contribution in [0.15, 0.2) is 35.9 Å². The first-order valence-corrected chi connectivity index (χ1v) is 7.14. The van der Waals surface area contributed by atoms with Gasteiger partial charge in [0.25, 0.3) is 0 Å². The van der Waals surface area contributed by atoms with Crippen molar-refractivity contribution < 1.29 is 9.53 Å². The Morgan fingerprint density at radius 2 is 2.30 bits per heavy atom. The number of ether oxygens (including phenoxy) is 1. The van der Waals surface area contributed by atoms with Crippen molar-refractivity contribution in [2.24, 2.45) is 0 Å². The monoisotopic (exact) mass is 289 g/mol. The molecule has 20 heavy (non-hydrogen) atoms. The third-order valence-corrected chi connectivity index (χ3v) is 2.99. The summed E-state index contributed by atoms with van der Waals surface area (Å²) in [6.07, 6.45) is 4.12. The number of para-hydroxylation sites is 1. The van der Waals surface area contributed by atoms with Gasteiger partial charge >= 0.3 is 0 Å². The van der Waals surface area contributed by atoms with Crippen molar-refractivity contribution in [3.8, 4) is 5.75 Å². The fraction of sp³-hybridized carbons (Fsp3) is 0.214. The van der Waals surface area contributed by atoms with Crippen molar-refractivity contribution in [3.05, 3.63) is 41.4 Å². The number of carbonyl (C=O) groups is 1. The average molecular weight is 289 g/mol. The van der Waals surface area contributed by atoms with Crippen molar-refractivity contribution in [2.45, 2.75) is 13.3 Å². The summed E-state index contributed by atoms with van der Waals surface area (Å²) in [5.41, 5.74) is 2.43. The number of amides is 1. The topological polar surface area (TPSA) is 64.1 Å². The second kappa shape index (κ2) is 7.40. The zero-order chi connectivity index (χ0) is 14.2. The van der Waals surface area contributed by atoms with E-state index in [0.29, 0.717) is 11.7 Å². The van der Waals surface area contributed by atoms with Crippen LogP contribution in [0.3, 0.4) is 0 Å². The van der Waals surface area contributed by atoms with Gasteiger partial charge in [-0.25, -0.2) is 0 Å². The summed E-state index contributed by atoms with van der Waals surface area (Å²) in [4.78, 5) is 11.7. The van der Waals surface area contributed by atoms with Crippen LogP contribution in [0.25, 0.3) is 6.08 Å². The van der Waals surface area contributed by atoms with Gasteiger partial charge in [-0.15, -0.1) is 10.2 Å². The Labute approximate surface area is 121 Å². The number of nitrogens with zero attached hydrogens (tertiary/aromatic N) is 2. The first-order chi connectivity index (χ1) is 9.79. The summed E-state index contributed by atoms with van der Waals surface area (Å²) in [6.45, 7) is 2.70. The number of benzene rings is 1. The number of carbonyl (C=O) groups excluding carboxylic acids is 1. The summed E-state index contributed by atoms with van der Waals surface area (Å²) in [7, 11) is 0. The van der Waals surface area contributed by atoms with E-state index in [-0.39, 0.29) is 5.91 Å². The largest absolute Gasteiger partial charge is 0.493 e. The number of hydrogen-bond acceptors (Lipinski definition) is 5. The molecule has 1 aromatic carbocycles. The summed E-state index contributed by atoms with van der Waals surface area (Å²) in [5, 5.41) is 10.5. The van der Waals surface area contributed by atoms with Crippen LogP contribution < -0.4 is 10.1 Å². The fourth-order valence-corrected chi connectivity index (χ4v) is 1.95. The second-order valence-electron chi connectivity index (χ2n) is 3.95. The highest BCUT2D eigenvalue weighted by Crippen LogP contribution is 2.19. The van der Waals surface area contributed by atoms with Gasteiger partial charge in [0.2, 0.25) is 11.0 Å². The Bertz CT molecular complexity index is 582. The maximum atomic E-state index is 11.7. The summed E-state index contributed by atoms with van der Waals surface area (Å²) < 4.78 is 5.62. The Morgan fingerprint density at radius 1 is 1.45 bits per heavy atom. The minimum Gasteiger partial charge on any atom is -0.493 e. The molecule has 1 heterocycles. The highest BCUT2D eigenvalue weighted by Gasteiger charge is 2.02. The molecule has 0 saturated carbocycles. The van der Waals surface area contributed by atoms with Crippen molar-refractivity contribution in [1.82, 2.24) is 10.2 Å². The van der Waals surface area contributed by atoms with Crippen LogP contribution in [0.2, 0.25) is 0 Å².